The molecule has 0 saturated heterocycles. The normalized spacial score (nSPS) is 11.9. The molecule has 1 aromatic carbocycles. The average molecular weight is 259 g/mol. The van der Waals surface area contributed by atoms with Gasteiger partial charge < -0.3 is 9.84 Å². The molecule has 1 N–H and O–H groups in total. The van der Waals surface area contributed by atoms with Crippen LogP contribution < -0.4 is 0 Å². The van der Waals surface area contributed by atoms with Crippen molar-refractivity contribution in [2.75, 3.05) is 33.4 Å². The lowest BCUT2D eigenvalue weighted by Crippen LogP contribution is -2.30. The summed E-state index contributed by atoms with van der Waals surface area (Å²) in [5.74, 6) is 0. The van der Waals surface area contributed by atoms with E-state index in [1.807, 2.05) is 0 Å². The fraction of sp³-hybridized carbons (Fsp3) is 0.455. The molecule has 0 spiro atoms. The Hall–Kier alpha value is -0.950. The highest BCUT2D eigenvalue weighted by atomic mass is 32.2. The van der Waals surface area contributed by atoms with E-state index >= 15 is 0 Å². The lowest BCUT2D eigenvalue weighted by molar-refractivity contribution is 0.0876. The lowest BCUT2D eigenvalue weighted by atomic mass is 10.4. The van der Waals surface area contributed by atoms with Gasteiger partial charge in [-0.15, -0.1) is 0 Å². The third kappa shape index (κ3) is 4.08. The molecule has 0 aromatic heterocycles. The van der Waals surface area contributed by atoms with Gasteiger partial charge in [0, 0.05) is 13.6 Å². The van der Waals surface area contributed by atoms with E-state index in [9.17, 15) is 8.42 Å². The van der Waals surface area contributed by atoms with Gasteiger partial charge in [-0.25, -0.2) is 8.42 Å². The summed E-state index contributed by atoms with van der Waals surface area (Å²) in [6.07, 6.45) is 0. The van der Waals surface area contributed by atoms with Crippen LogP contribution in [-0.4, -0.2) is 51.2 Å². The maximum atomic E-state index is 12.0. The van der Waals surface area contributed by atoms with Crippen LogP contribution in [0.2, 0.25) is 0 Å². The molecule has 0 unspecified atom stereocenters. The molecule has 6 heteroatoms. The molecule has 0 heterocycles. The fourth-order valence-electron chi connectivity index (χ4n) is 1.25. The van der Waals surface area contributed by atoms with Gasteiger partial charge in [-0.05, 0) is 12.1 Å². The summed E-state index contributed by atoms with van der Waals surface area (Å²) in [4.78, 5) is 0.268. The van der Waals surface area contributed by atoms with Gasteiger partial charge >= 0.3 is 0 Å². The second-order valence-electron chi connectivity index (χ2n) is 3.48. The topological polar surface area (TPSA) is 66.8 Å². The summed E-state index contributed by atoms with van der Waals surface area (Å²) in [5.41, 5.74) is 0. The SMILES string of the molecule is CN(CCOCCO)S(=O)(=O)c1ccccc1. The number of ether oxygens (including phenoxy) is 1. The van der Waals surface area contributed by atoms with Gasteiger partial charge in [-0.2, -0.15) is 4.31 Å². The van der Waals surface area contributed by atoms with Crippen molar-refractivity contribution >= 4 is 10.0 Å². The largest absolute Gasteiger partial charge is 0.394 e. The molecular formula is C11H17NO4S. The molecule has 0 bridgehead atoms. The van der Waals surface area contributed by atoms with E-state index in [-0.39, 0.29) is 31.3 Å². The molecule has 17 heavy (non-hydrogen) atoms. The third-order valence-electron chi connectivity index (χ3n) is 2.24. The number of aliphatic hydroxyl groups is 1. The van der Waals surface area contributed by atoms with E-state index in [4.69, 9.17) is 9.84 Å². The highest BCUT2D eigenvalue weighted by Crippen LogP contribution is 2.12. The van der Waals surface area contributed by atoms with Crippen LogP contribution in [0.4, 0.5) is 0 Å². The van der Waals surface area contributed by atoms with Crippen molar-refractivity contribution in [3.05, 3.63) is 30.3 Å². The summed E-state index contributed by atoms with van der Waals surface area (Å²) >= 11 is 0. The zero-order valence-electron chi connectivity index (χ0n) is 9.74. The molecule has 0 aliphatic carbocycles. The van der Waals surface area contributed by atoms with Crippen LogP contribution in [-0.2, 0) is 14.8 Å². The zero-order valence-corrected chi connectivity index (χ0v) is 10.6. The van der Waals surface area contributed by atoms with Crippen molar-refractivity contribution in [2.45, 2.75) is 4.90 Å². The standard InChI is InChI=1S/C11H17NO4S/c1-12(7-9-16-10-8-13)17(14,15)11-5-3-2-4-6-11/h2-6,13H,7-10H2,1H3. The second-order valence-corrected chi connectivity index (χ2v) is 5.52. The number of benzene rings is 1. The minimum absolute atomic E-state index is 0.0604. The van der Waals surface area contributed by atoms with Crippen molar-refractivity contribution in [1.29, 1.82) is 0 Å². The lowest BCUT2D eigenvalue weighted by Gasteiger charge is -2.16. The van der Waals surface area contributed by atoms with Gasteiger partial charge in [-0.1, -0.05) is 18.2 Å². The molecule has 1 aromatic rings. The fourth-order valence-corrected chi connectivity index (χ4v) is 2.43. The Morgan fingerprint density at radius 3 is 2.47 bits per heavy atom. The van der Waals surface area contributed by atoms with Gasteiger partial charge in [0.15, 0.2) is 0 Å². The number of hydrogen-bond donors (Lipinski definition) is 1. The molecule has 0 atom stereocenters. The summed E-state index contributed by atoms with van der Waals surface area (Å²) < 4.78 is 30.3. The second kappa shape index (κ2) is 6.70. The Morgan fingerprint density at radius 2 is 1.88 bits per heavy atom. The Balaban J connectivity index is 2.59. The zero-order chi connectivity index (χ0) is 12.7. The van der Waals surface area contributed by atoms with Crippen LogP contribution in [0.3, 0.4) is 0 Å². The average Bonchev–Trinajstić information content (AvgIpc) is 2.35. The summed E-state index contributed by atoms with van der Waals surface area (Å²) in [6.45, 7) is 0.689. The van der Waals surface area contributed by atoms with Crippen molar-refractivity contribution in [3.63, 3.8) is 0 Å². The van der Waals surface area contributed by atoms with Crippen LogP contribution >= 0.6 is 0 Å². The van der Waals surface area contributed by atoms with Crippen molar-refractivity contribution in [2.24, 2.45) is 0 Å². The molecule has 0 saturated carbocycles. The minimum atomic E-state index is -3.44. The number of hydrogen-bond acceptors (Lipinski definition) is 4. The van der Waals surface area contributed by atoms with E-state index in [0.717, 1.165) is 0 Å². The summed E-state index contributed by atoms with van der Waals surface area (Å²) in [7, 11) is -1.93. The molecule has 0 aliphatic heterocycles. The van der Waals surface area contributed by atoms with E-state index < -0.39 is 10.0 Å². The summed E-state index contributed by atoms with van der Waals surface area (Å²) in [5, 5.41) is 8.51. The summed E-state index contributed by atoms with van der Waals surface area (Å²) in [6, 6.07) is 8.25. The first kappa shape index (κ1) is 14.1. The molecule has 96 valence electrons. The first-order chi connectivity index (χ1) is 8.09. The molecule has 0 radical (unpaired) electrons. The van der Waals surface area contributed by atoms with Crippen molar-refractivity contribution in [1.82, 2.24) is 4.31 Å². The first-order valence-corrected chi connectivity index (χ1v) is 6.73. The number of rotatable bonds is 7. The van der Waals surface area contributed by atoms with Gasteiger partial charge in [0.05, 0.1) is 24.7 Å². The number of sulfonamides is 1. The molecule has 0 amide bonds. The van der Waals surface area contributed by atoms with Crippen LogP contribution in [0, 0.1) is 0 Å². The Kier molecular flexibility index (Phi) is 5.57. The van der Waals surface area contributed by atoms with E-state index in [1.54, 1.807) is 30.3 Å². The van der Waals surface area contributed by atoms with Crippen LogP contribution in [0.25, 0.3) is 0 Å². The maximum Gasteiger partial charge on any atom is 0.242 e. The smallest absolute Gasteiger partial charge is 0.242 e. The quantitative estimate of drug-likeness (QED) is 0.716. The monoisotopic (exact) mass is 259 g/mol. The van der Waals surface area contributed by atoms with Crippen LogP contribution in [0.5, 0.6) is 0 Å². The van der Waals surface area contributed by atoms with Gasteiger partial charge in [-0.3, -0.25) is 0 Å². The third-order valence-corrected chi connectivity index (χ3v) is 4.11. The Morgan fingerprint density at radius 1 is 1.24 bits per heavy atom. The maximum absolute atomic E-state index is 12.0. The first-order valence-electron chi connectivity index (χ1n) is 5.29. The van der Waals surface area contributed by atoms with E-state index in [1.165, 1.54) is 11.4 Å². The van der Waals surface area contributed by atoms with Crippen molar-refractivity contribution in [3.8, 4) is 0 Å². The van der Waals surface area contributed by atoms with Crippen LogP contribution in [0.1, 0.15) is 0 Å². The predicted octanol–water partition coefficient (Wildman–Crippen LogP) is 0.316. The number of aliphatic hydroxyl groups excluding tert-OH is 1. The Bertz CT molecular complexity index is 418. The van der Waals surface area contributed by atoms with Gasteiger partial charge in [0.2, 0.25) is 10.0 Å². The predicted molar refractivity (Wildman–Crippen MR) is 64.2 cm³/mol. The highest BCUT2D eigenvalue weighted by Gasteiger charge is 2.19. The van der Waals surface area contributed by atoms with Crippen LogP contribution in [0.15, 0.2) is 35.2 Å². The molecular weight excluding hydrogens is 242 g/mol. The van der Waals surface area contributed by atoms with Crippen molar-refractivity contribution < 1.29 is 18.3 Å². The van der Waals surface area contributed by atoms with E-state index in [2.05, 4.69) is 0 Å². The molecule has 5 nitrogen and oxygen atoms in total. The van der Waals surface area contributed by atoms with Gasteiger partial charge in [0.1, 0.15) is 0 Å². The highest BCUT2D eigenvalue weighted by molar-refractivity contribution is 7.89. The molecule has 0 fully saturated rings. The van der Waals surface area contributed by atoms with Gasteiger partial charge in [0.25, 0.3) is 0 Å². The minimum Gasteiger partial charge on any atom is -0.394 e. The Labute approximate surface area is 102 Å². The molecule has 0 aliphatic rings. The number of likely N-dealkylation sites (N-methyl/N-ethyl adjacent to an activating group) is 1. The van der Waals surface area contributed by atoms with E-state index in [0.29, 0.717) is 0 Å². The molecule has 1 rings (SSSR count). The number of nitrogens with zero attached hydrogens (tertiary/aromatic N) is 1.